The molecule has 0 spiro atoms. The molecule has 0 unspecified atom stereocenters. The molecule has 3 rings (SSSR count). The zero-order valence-electron chi connectivity index (χ0n) is 15.7. The van der Waals surface area contributed by atoms with Crippen LogP contribution in [0.2, 0.25) is 0 Å². The molecule has 28 heavy (non-hydrogen) atoms. The summed E-state index contributed by atoms with van der Waals surface area (Å²) in [5, 5.41) is 12.6. The minimum Gasteiger partial charge on any atom is -0.350 e. The van der Waals surface area contributed by atoms with Gasteiger partial charge in [-0.3, -0.25) is 19.3 Å². The van der Waals surface area contributed by atoms with Crippen molar-refractivity contribution >= 4 is 29.7 Å². The van der Waals surface area contributed by atoms with Crippen LogP contribution in [0.4, 0.5) is 5.69 Å². The maximum atomic E-state index is 12.4. The van der Waals surface area contributed by atoms with E-state index in [0.29, 0.717) is 17.1 Å². The highest BCUT2D eigenvalue weighted by Gasteiger charge is 2.12. The molecule has 0 saturated carbocycles. The maximum absolute atomic E-state index is 12.4. The average molecular weight is 395 g/mol. The lowest BCUT2D eigenvalue weighted by molar-refractivity contribution is -0.121. The number of H-pyrrole nitrogens is 1. The zero-order valence-corrected chi connectivity index (χ0v) is 16.5. The van der Waals surface area contributed by atoms with Crippen LogP contribution in [0.3, 0.4) is 0 Å². The van der Waals surface area contributed by atoms with Gasteiger partial charge in [0.25, 0.3) is 0 Å². The Bertz CT molecular complexity index is 1050. The van der Waals surface area contributed by atoms with Crippen LogP contribution in [-0.2, 0) is 22.7 Å². The highest BCUT2D eigenvalue weighted by molar-refractivity contribution is 7.71. The van der Waals surface area contributed by atoms with Crippen LogP contribution >= 0.6 is 12.2 Å². The molecule has 7 nitrogen and oxygen atoms in total. The number of aromatic amines is 1. The molecule has 3 N–H and O–H groups in total. The van der Waals surface area contributed by atoms with Gasteiger partial charge in [-0.2, -0.15) is 5.10 Å². The van der Waals surface area contributed by atoms with Crippen LogP contribution in [0.1, 0.15) is 18.1 Å². The average Bonchev–Trinajstić information content (AvgIpc) is 3.01. The standard InChI is InChI=1S/C20H21N5O2S/c1-13-4-3-5-16(10-13)19-23-24-20(28)25(19)12-18(27)21-11-15-6-8-17(9-7-15)22-14(2)26/h3-10H,11-12H2,1-2H3,(H,21,27)(H,22,26)(H,24,28). The lowest BCUT2D eigenvalue weighted by Crippen LogP contribution is -2.27. The molecule has 1 heterocycles. The second-order valence-corrected chi connectivity index (χ2v) is 6.85. The number of carbonyl (C=O) groups is 2. The molecule has 2 aromatic carbocycles. The first-order valence-electron chi connectivity index (χ1n) is 8.78. The minimum absolute atomic E-state index is 0.0720. The fourth-order valence-electron chi connectivity index (χ4n) is 2.78. The predicted molar refractivity (Wildman–Crippen MR) is 110 cm³/mol. The zero-order chi connectivity index (χ0) is 20.1. The summed E-state index contributed by atoms with van der Waals surface area (Å²) in [6, 6.07) is 15.2. The first-order valence-corrected chi connectivity index (χ1v) is 9.18. The van der Waals surface area contributed by atoms with E-state index in [4.69, 9.17) is 12.2 Å². The van der Waals surface area contributed by atoms with Crippen molar-refractivity contribution in [1.82, 2.24) is 20.1 Å². The van der Waals surface area contributed by atoms with E-state index in [2.05, 4.69) is 20.8 Å². The van der Waals surface area contributed by atoms with E-state index in [1.807, 2.05) is 43.3 Å². The number of anilines is 1. The molecule has 0 fully saturated rings. The van der Waals surface area contributed by atoms with Crippen molar-refractivity contribution in [2.45, 2.75) is 26.9 Å². The van der Waals surface area contributed by atoms with Gasteiger partial charge in [-0.05, 0) is 42.9 Å². The molecular formula is C20H21N5O2S. The predicted octanol–water partition coefficient (Wildman–Crippen LogP) is 3.19. The summed E-state index contributed by atoms with van der Waals surface area (Å²) in [5.41, 5.74) is 3.64. The fourth-order valence-corrected chi connectivity index (χ4v) is 2.97. The Kier molecular flexibility index (Phi) is 6.00. The summed E-state index contributed by atoms with van der Waals surface area (Å²) in [7, 11) is 0. The van der Waals surface area contributed by atoms with Crippen molar-refractivity contribution in [1.29, 1.82) is 0 Å². The molecule has 144 valence electrons. The van der Waals surface area contributed by atoms with Crippen LogP contribution in [0.15, 0.2) is 48.5 Å². The van der Waals surface area contributed by atoms with Crippen LogP contribution in [0, 0.1) is 11.7 Å². The third-order valence-corrected chi connectivity index (χ3v) is 4.41. The lowest BCUT2D eigenvalue weighted by Gasteiger charge is -2.09. The van der Waals surface area contributed by atoms with Crippen LogP contribution < -0.4 is 10.6 Å². The molecule has 0 saturated heterocycles. The van der Waals surface area contributed by atoms with Crippen molar-refractivity contribution in [3.8, 4) is 11.4 Å². The second kappa shape index (κ2) is 8.62. The first-order chi connectivity index (χ1) is 13.4. The van der Waals surface area contributed by atoms with Gasteiger partial charge in [0, 0.05) is 24.7 Å². The molecule has 0 bridgehead atoms. The van der Waals surface area contributed by atoms with E-state index >= 15 is 0 Å². The Labute approximate surface area is 167 Å². The quantitative estimate of drug-likeness (QED) is 0.559. The van der Waals surface area contributed by atoms with Crippen molar-refractivity contribution in [2.75, 3.05) is 5.32 Å². The van der Waals surface area contributed by atoms with Crippen LogP contribution in [0.5, 0.6) is 0 Å². The normalized spacial score (nSPS) is 10.5. The Morgan fingerprint density at radius 3 is 2.61 bits per heavy atom. The molecule has 2 amide bonds. The fraction of sp³-hybridized carbons (Fsp3) is 0.200. The maximum Gasteiger partial charge on any atom is 0.240 e. The monoisotopic (exact) mass is 395 g/mol. The summed E-state index contributed by atoms with van der Waals surface area (Å²) >= 11 is 5.28. The molecule has 3 aromatic rings. The van der Waals surface area contributed by atoms with Gasteiger partial charge in [0.05, 0.1) is 0 Å². The van der Waals surface area contributed by atoms with E-state index in [0.717, 1.165) is 22.4 Å². The SMILES string of the molecule is CC(=O)Nc1ccc(CNC(=O)Cn2c(-c3cccc(C)c3)n[nH]c2=S)cc1. The Balaban J connectivity index is 1.65. The van der Waals surface area contributed by atoms with Crippen molar-refractivity contribution in [3.63, 3.8) is 0 Å². The van der Waals surface area contributed by atoms with E-state index in [1.165, 1.54) is 6.92 Å². The highest BCUT2D eigenvalue weighted by atomic mass is 32.1. The van der Waals surface area contributed by atoms with Crippen LogP contribution in [-0.4, -0.2) is 26.6 Å². The van der Waals surface area contributed by atoms with Crippen molar-refractivity contribution in [3.05, 3.63) is 64.4 Å². The van der Waals surface area contributed by atoms with Gasteiger partial charge in [-0.1, -0.05) is 35.9 Å². The first kappa shape index (κ1) is 19.5. The van der Waals surface area contributed by atoms with Crippen molar-refractivity contribution < 1.29 is 9.59 Å². The summed E-state index contributed by atoms with van der Waals surface area (Å²) in [6.45, 7) is 3.91. The Hall–Kier alpha value is -3.26. The number of nitrogens with one attached hydrogen (secondary N) is 3. The van der Waals surface area contributed by atoms with Gasteiger partial charge >= 0.3 is 0 Å². The van der Waals surface area contributed by atoms with E-state index in [-0.39, 0.29) is 18.4 Å². The third-order valence-electron chi connectivity index (χ3n) is 4.10. The number of aromatic nitrogens is 3. The number of benzene rings is 2. The molecular weight excluding hydrogens is 374 g/mol. The van der Waals surface area contributed by atoms with Gasteiger partial charge in [-0.25, -0.2) is 0 Å². The van der Waals surface area contributed by atoms with E-state index in [9.17, 15) is 9.59 Å². The smallest absolute Gasteiger partial charge is 0.240 e. The van der Waals surface area contributed by atoms with Crippen LogP contribution in [0.25, 0.3) is 11.4 Å². The second-order valence-electron chi connectivity index (χ2n) is 6.46. The number of amides is 2. The lowest BCUT2D eigenvalue weighted by atomic mass is 10.1. The topological polar surface area (TPSA) is 91.8 Å². The molecule has 1 aromatic heterocycles. The molecule has 0 aliphatic heterocycles. The number of rotatable bonds is 6. The third kappa shape index (κ3) is 4.92. The molecule has 0 atom stereocenters. The number of hydrogen-bond donors (Lipinski definition) is 3. The molecule has 0 aliphatic rings. The van der Waals surface area contributed by atoms with Gasteiger partial charge < -0.3 is 10.6 Å². The molecule has 0 radical (unpaired) electrons. The van der Waals surface area contributed by atoms with Crippen molar-refractivity contribution in [2.24, 2.45) is 0 Å². The summed E-state index contributed by atoms with van der Waals surface area (Å²) in [6.07, 6.45) is 0. The number of aryl methyl sites for hydroxylation is 1. The molecule has 0 aliphatic carbocycles. The summed E-state index contributed by atoms with van der Waals surface area (Å²) < 4.78 is 2.07. The number of hydrogen-bond acceptors (Lipinski definition) is 4. The number of nitrogens with zero attached hydrogens (tertiary/aromatic N) is 2. The largest absolute Gasteiger partial charge is 0.350 e. The van der Waals surface area contributed by atoms with Gasteiger partial charge in [0.2, 0.25) is 11.8 Å². The Morgan fingerprint density at radius 2 is 1.93 bits per heavy atom. The highest BCUT2D eigenvalue weighted by Crippen LogP contribution is 2.18. The summed E-state index contributed by atoms with van der Waals surface area (Å²) in [4.78, 5) is 23.5. The molecule has 8 heteroatoms. The minimum atomic E-state index is -0.169. The van der Waals surface area contributed by atoms with E-state index in [1.54, 1.807) is 16.7 Å². The van der Waals surface area contributed by atoms with Gasteiger partial charge in [0.15, 0.2) is 10.6 Å². The summed E-state index contributed by atoms with van der Waals surface area (Å²) in [5.74, 6) is 0.336. The van der Waals surface area contributed by atoms with Gasteiger partial charge in [-0.15, -0.1) is 0 Å². The Morgan fingerprint density at radius 1 is 1.18 bits per heavy atom. The number of carbonyl (C=O) groups excluding carboxylic acids is 2. The van der Waals surface area contributed by atoms with E-state index < -0.39 is 0 Å². The van der Waals surface area contributed by atoms with Gasteiger partial charge in [0.1, 0.15) is 6.54 Å².